The fourth-order valence-corrected chi connectivity index (χ4v) is 3.81. The van der Waals surface area contributed by atoms with Crippen molar-refractivity contribution in [3.63, 3.8) is 0 Å². The van der Waals surface area contributed by atoms with E-state index < -0.39 is 0 Å². The summed E-state index contributed by atoms with van der Waals surface area (Å²) in [6.45, 7) is 0.562. The maximum Gasteiger partial charge on any atom is 0.272 e. The van der Waals surface area contributed by atoms with Gasteiger partial charge in [0, 0.05) is 23.5 Å². The Balaban J connectivity index is 1.52. The summed E-state index contributed by atoms with van der Waals surface area (Å²) < 4.78 is 7.17. The van der Waals surface area contributed by atoms with Crippen LogP contribution in [0.5, 0.6) is 5.75 Å². The zero-order chi connectivity index (χ0) is 20.2. The van der Waals surface area contributed by atoms with Crippen LogP contribution in [0.1, 0.15) is 40.2 Å². The molecular weight excluding hydrogens is 364 g/mol. The number of benzene rings is 2. The first-order valence-electron chi connectivity index (χ1n) is 10.0. The molecular formula is C23H26N4O2. The summed E-state index contributed by atoms with van der Waals surface area (Å²) in [6.07, 6.45) is 4.80. The number of rotatable bonds is 6. The Hall–Kier alpha value is -3.28. The summed E-state index contributed by atoms with van der Waals surface area (Å²) in [7, 11) is 1.65. The van der Waals surface area contributed by atoms with E-state index in [9.17, 15) is 4.79 Å². The number of ether oxygens (including phenoxy) is 1. The van der Waals surface area contributed by atoms with Gasteiger partial charge in [0.1, 0.15) is 5.75 Å². The smallest absolute Gasteiger partial charge is 0.272 e. The van der Waals surface area contributed by atoms with E-state index in [1.54, 1.807) is 7.11 Å². The molecule has 6 nitrogen and oxygen atoms in total. The zero-order valence-corrected chi connectivity index (χ0v) is 16.6. The van der Waals surface area contributed by atoms with Crippen molar-refractivity contribution in [3.8, 4) is 11.4 Å². The van der Waals surface area contributed by atoms with Gasteiger partial charge in [-0.2, -0.15) is 5.10 Å². The molecule has 1 aliphatic carbocycles. The maximum absolute atomic E-state index is 12.9. The Morgan fingerprint density at radius 2 is 1.83 bits per heavy atom. The number of aromatic nitrogens is 2. The van der Waals surface area contributed by atoms with Crippen molar-refractivity contribution in [2.75, 3.05) is 19.4 Å². The van der Waals surface area contributed by atoms with E-state index in [1.807, 2.05) is 53.2 Å². The molecule has 0 saturated heterocycles. The molecule has 0 aliphatic heterocycles. The third-order valence-corrected chi connectivity index (χ3v) is 5.39. The fourth-order valence-electron chi connectivity index (χ4n) is 3.81. The largest absolute Gasteiger partial charge is 0.497 e. The van der Waals surface area contributed by atoms with Gasteiger partial charge in [-0.25, -0.2) is 4.68 Å². The first kappa shape index (κ1) is 19.1. The second kappa shape index (κ2) is 8.39. The predicted octanol–water partition coefficient (Wildman–Crippen LogP) is 3.31. The number of hydrogen-bond acceptors (Lipinski definition) is 4. The molecule has 6 heteroatoms. The predicted molar refractivity (Wildman–Crippen MR) is 114 cm³/mol. The Morgan fingerprint density at radius 3 is 2.55 bits per heavy atom. The molecule has 3 N–H and O–H groups in total. The molecule has 0 fully saturated rings. The Kier molecular flexibility index (Phi) is 5.51. The molecule has 2 aromatic carbocycles. The van der Waals surface area contributed by atoms with Crippen molar-refractivity contribution < 1.29 is 9.53 Å². The van der Waals surface area contributed by atoms with Gasteiger partial charge in [-0.15, -0.1) is 0 Å². The van der Waals surface area contributed by atoms with Crippen molar-refractivity contribution in [2.24, 2.45) is 0 Å². The van der Waals surface area contributed by atoms with Gasteiger partial charge in [0.15, 0.2) is 5.69 Å². The molecule has 1 aliphatic rings. The molecule has 0 spiro atoms. The molecule has 150 valence electrons. The summed E-state index contributed by atoms with van der Waals surface area (Å²) >= 11 is 0. The monoisotopic (exact) mass is 390 g/mol. The molecule has 0 atom stereocenters. The Bertz CT molecular complexity index is 991. The standard InChI is InChI=1S/C23H26N4O2/c1-29-19-12-10-18(11-13-19)27-21-5-3-2-4-20(21)22(26-27)23(28)25-15-14-16-6-8-17(24)9-7-16/h6-13H,2-5,14-15,24H2,1H3,(H,25,28). The lowest BCUT2D eigenvalue weighted by atomic mass is 9.95. The van der Waals surface area contributed by atoms with Crippen LogP contribution in [-0.4, -0.2) is 29.3 Å². The van der Waals surface area contributed by atoms with Gasteiger partial charge < -0.3 is 15.8 Å². The summed E-state index contributed by atoms with van der Waals surface area (Å²) in [5.41, 5.74) is 11.3. The molecule has 1 aromatic heterocycles. The van der Waals surface area contributed by atoms with E-state index in [4.69, 9.17) is 15.6 Å². The van der Waals surface area contributed by atoms with Crippen molar-refractivity contribution in [1.29, 1.82) is 0 Å². The van der Waals surface area contributed by atoms with Gasteiger partial charge >= 0.3 is 0 Å². The van der Waals surface area contributed by atoms with Crippen LogP contribution in [0.2, 0.25) is 0 Å². The van der Waals surface area contributed by atoms with Crippen molar-refractivity contribution >= 4 is 11.6 Å². The van der Waals surface area contributed by atoms with E-state index in [0.717, 1.165) is 66.0 Å². The summed E-state index contributed by atoms with van der Waals surface area (Å²) in [4.78, 5) is 12.9. The van der Waals surface area contributed by atoms with E-state index in [-0.39, 0.29) is 5.91 Å². The average Bonchev–Trinajstić information content (AvgIpc) is 3.15. The van der Waals surface area contributed by atoms with E-state index in [0.29, 0.717) is 12.2 Å². The molecule has 4 rings (SSSR count). The van der Waals surface area contributed by atoms with Crippen LogP contribution in [-0.2, 0) is 19.3 Å². The number of hydrogen-bond donors (Lipinski definition) is 2. The van der Waals surface area contributed by atoms with Gasteiger partial charge in [0.25, 0.3) is 5.91 Å². The van der Waals surface area contributed by atoms with E-state index in [2.05, 4.69) is 5.32 Å². The number of carbonyl (C=O) groups excluding carboxylic acids is 1. The molecule has 3 aromatic rings. The molecule has 29 heavy (non-hydrogen) atoms. The van der Waals surface area contributed by atoms with Gasteiger partial charge in [-0.05, 0) is 74.1 Å². The minimum absolute atomic E-state index is 0.106. The number of amides is 1. The Morgan fingerprint density at radius 1 is 1.10 bits per heavy atom. The zero-order valence-electron chi connectivity index (χ0n) is 16.6. The lowest BCUT2D eigenvalue weighted by Gasteiger charge is -2.14. The van der Waals surface area contributed by atoms with E-state index in [1.165, 1.54) is 0 Å². The lowest BCUT2D eigenvalue weighted by molar-refractivity contribution is 0.0947. The van der Waals surface area contributed by atoms with Gasteiger partial charge in [-0.3, -0.25) is 4.79 Å². The van der Waals surface area contributed by atoms with Crippen LogP contribution in [0, 0.1) is 0 Å². The molecule has 1 heterocycles. The Labute approximate surface area is 170 Å². The number of nitrogens with zero attached hydrogens (tertiary/aromatic N) is 2. The highest BCUT2D eigenvalue weighted by Gasteiger charge is 2.25. The van der Waals surface area contributed by atoms with Crippen LogP contribution in [0.4, 0.5) is 5.69 Å². The van der Waals surface area contributed by atoms with Crippen LogP contribution < -0.4 is 15.8 Å². The van der Waals surface area contributed by atoms with Gasteiger partial charge in [0.05, 0.1) is 12.8 Å². The van der Waals surface area contributed by atoms with Gasteiger partial charge in [-0.1, -0.05) is 12.1 Å². The minimum atomic E-state index is -0.106. The molecule has 1 amide bonds. The first-order valence-corrected chi connectivity index (χ1v) is 10.0. The normalized spacial score (nSPS) is 13.0. The number of methoxy groups -OCH3 is 1. The number of nitrogens with one attached hydrogen (secondary N) is 1. The van der Waals surface area contributed by atoms with Crippen LogP contribution >= 0.6 is 0 Å². The third-order valence-electron chi connectivity index (χ3n) is 5.39. The highest BCUT2D eigenvalue weighted by molar-refractivity contribution is 5.94. The van der Waals surface area contributed by atoms with Gasteiger partial charge in [0.2, 0.25) is 0 Å². The SMILES string of the molecule is COc1ccc(-n2nc(C(=O)NCCc3ccc(N)cc3)c3c2CCCC3)cc1. The van der Waals surface area contributed by atoms with Crippen LogP contribution in [0.15, 0.2) is 48.5 Å². The number of carbonyl (C=O) groups is 1. The summed E-state index contributed by atoms with van der Waals surface area (Å²) in [5, 5.41) is 7.73. The molecule has 0 saturated carbocycles. The van der Waals surface area contributed by atoms with E-state index >= 15 is 0 Å². The lowest BCUT2D eigenvalue weighted by Crippen LogP contribution is -2.27. The van der Waals surface area contributed by atoms with Crippen molar-refractivity contribution in [2.45, 2.75) is 32.1 Å². The second-order valence-electron chi connectivity index (χ2n) is 7.34. The summed E-state index contributed by atoms with van der Waals surface area (Å²) in [5.74, 6) is 0.696. The van der Waals surface area contributed by atoms with Crippen molar-refractivity contribution in [3.05, 3.63) is 71.0 Å². The second-order valence-corrected chi connectivity index (χ2v) is 7.34. The number of nitrogens with two attached hydrogens (primary N) is 1. The first-order chi connectivity index (χ1) is 14.2. The summed E-state index contributed by atoms with van der Waals surface area (Å²) in [6, 6.07) is 15.5. The highest BCUT2D eigenvalue weighted by atomic mass is 16.5. The number of fused-ring (bicyclic) bond motifs is 1. The average molecular weight is 390 g/mol. The molecule has 0 radical (unpaired) electrons. The fraction of sp³-hybridized carbons (Fsp3) is 0.304. The molecule has 0 bridgehead atoms. The maximum atomic E-state index is 12.9. The minimum Gasteiger partial charge on any atom is -0.497 e. The third kappa shape index (κ3) is 4.11. The van der Waals surface area contributed by atoms with Crippen LogP contribution in [0.25, 0.3) is 5.69 Å². The highest BCUT2D eigenvalue weighted by Crippen LogP contribution is 2.27. The topological polar surface area (TPSA) is 82.2 Å². The van der Waals surface area contributed by atoms with Crippen LogP contribution in [0.3, 0.4) is 0 Å². The number of nitrogen functional groups attached to an aromatic ring is 1. The molecule has 0 unspecified atom stereocenters. The number of anilines is 1. The quantitative estimate of drug-likeness (QED) is 0.633. The van der Waals surface area contributed by atoms with Crippen molar-refractivity contribution in [1.82, 2.24) is 15.1 Å².